The number of ketones is 1. The van der Waals surface area contributed by atoms with Crippen molar-refractivity contribution >= 4 is 24.1 Å². The molecule has 1 aromatic rings. The first-order chi connectivity index (χ1) is 9.49. The maximum Gasteiger partial charge on any atom is 0.239 e. The van der Waals surface area contributed by atoms with Gasteiger partial charge in [-0.25, -0.2) is 0 Å². The molecule has 5 heteroatoms. The average molecular weight is 311 g/mol. The van der Waals surface area contributed by atoms with Gasteiger partial charge in [0.05, 0.1) is 6.04 Å². The molecule has 116 valence electrons. The van der Waals surface area contributed by atoms with Crippen molar-refractivity contribution in [1.82, 2.24) is 4.90 Å². The van der Waals surface area contributed by atoms with Gasteiger partial charge in [-0.05, 0) is 26.7 Å². The van der Waals surface area contributed by atoms with Crippen LogP contribution >= 0.6 is 12.4 Å². The minimum Gasteiger partial charge on any atom is -0.341 e. The molecule has 0 aliphatic carbocycles. The zero-order valence-electron chi connectivity index (χ0n) is 12.5. The first-order valence-electron chi connectivity index (χ1n) is 7.14. The number of aryl methyl sites for hydroxylation is 1. The molecule has 1 amide bonds. The van der Waals surface area contributed by atoms with E-state index in [0.717, 1.165) is 24.0 Å². The van der Waals surface area contributed by atoms with Crippen molar-refractivity contribution in [3.8, 4) is 0 Å². The molecule has 0 saturated carbocycles. The number of piperidine rings is 1. The Kier molecular flexibility index (Phi) is 6.37. The molecule has 0 spiro atoms. The Balaban J connectivity index is 0.00000220. The molecule has 0 bridgehead atoms. The zero-order valence-corrected chi connectivity index (χ0v) is 13.4. The molecule has 1 saturated heterocycles. The van der Waals surface area contributed by atoms with E-state index >= 15 is 0 Å². The summed E-state index contributed by atoms with van der Waals surface area (Å²) < 4.78 is 0. The summed E-state index contributed by atoms with van der Waals surface area (Å²) in [4.78, 5) is 26.0. The van der Waals surface area contributed by atoms with Crippen LogP contribution in [0.4, 0.5) is 0 Å². The molecule has 0 aromatic heterocycles. The Hall–Kier alpha value is -1.39. The predicted octanol–water partition coefficient (Wildman–Crippen LogP) is 2.19. The molecule has 1 atom stereocenters. The minimum atomic E-state index is -0.459. The highest BCUT2D eigenvalue weighted by Gasteiger charge is 2.28. The second kappa shape index (κ2) is 7.57. The molecule has 2 N–H and O–H groups in total. The number of nitrogens with two attached hydrogens (primary N) is 1. The molecule has 0 unspecified atom stereocenters. The van der Waals surface area contributed by atoms with Crippen LogP contribution in [0.5, 0.6) is 0 Å². The maximum atomic E-state index is 12.4. The van der Waals surface area contributed by atoms with Crippen molar-refractivity contribution in [2.24, 2.45) is 11.7 Å². The van der Waals surface area contributed by atoms with Gasteiger partial charge in [-0.2, -0.15) is 0 Å². The van der Waals surface area contributed by atoms with Gasteiger partial charge in [-0.1, -0.05) is 29.8 Å². The van der Waals surface area contributed by atoms with Crippen LogP contribution in [-0.4, -0.2) is 35.7 Å². The molecule has 21 heavy (non-hydrogen) atoms. The number of rotatable bonds is 3. The second-order valence-electron chi connectivity index (χ2n) is 5.62. The lowest BCUT2D eigenvalue weighted by atomic mass is 9.88. The third-order valence-electron chi connectivity index (χ3n) is 3.90. The quantitative estimate of drug-likeness (QED) is 0.870. The predicted molar refractivity (Wildman–Crippen MR) is 85.7 cm³/mol. The molecule has 1 fully saturated rings. The number of benzene rings is 1. The van der Waals surface area contributed by atoms with E-state index in [1.807, 2.05) is 31.2 Å². The van der Waals surface area contributed by atoms with Gasteiger partial charge in [0.15, 0.2) is 5.78 Å². The van der Waals surface area contributed by atoms with E-state index < -0.39 is 6.04 Å². The normalized spacial score (nSPS) is 17.0. The number of Topliss-reactive ketones (excluding diaryl/α,β-unsaturated/α-hetero) is 1. The van der Waals surface area contributed by atoms with Gasteiger partial charge in [0.25, 0.3) is 0 Å². The number of carbonyl (C=O) groups excluding carboxylic acids is 2. The lowest BCUT2D eigenvalue weighted by molar-refractivity contribution is -0.133. The van der Waals surface area contributed by atoms with Crippen LogP contribution in [0.25, 0.3) is 0 Å². The summed E-state index contributed by atoms with van der Waals surface area (Å²) >= 11 is 0. The van der Waals surface area contributed by atoms with Crippen LogP contribution in [-0.2, 0) is 4.79 Å². The average Bonchev–Trinajstić information content (AvgIpc) is 2.46. The molecular weight excluding hydrogens is 288 g/mol. The van der Waals surface area contributed by atoms with E-state index in [1.165, 1.54) is 0 Å². The summed E-state index contributed by atoms with van der Waals surface area (Å²) in [6.45, 7) is 4.96. The summed E-state index contributed by atoms with van der Waals surface area (Å²) in [5, 5.41) is 0. The first kappa shape index (κ1) is 17.7. The fraction of sp³-hybridized carbons (Fsp3) is 0.500. The summed E-state index contributed by atoms with van der Waals surface area (Å²) in [7, 11) is 0. The number of likely N-dealkylation sites (tertiary alicyclic amines) is 1. The van der Waals surface area contributed by atoms with Crippen LogP contribution < -0.4 is 5.73 Å². The molecule has 1 aliphatic rings. The molecule has 2 rings (SSSR count). The van der Waals surface area contributed by atoms with Crippen LogP contribution in [0.1, 0.15) is 35.7 Å². The standard InChI is InChI=1S/C16H22N2O2.ClH/c1-11-3-5-13(6-4-11)15(19)14-7-9-18(10-8-14)16(20)12(2)17;/h3-6,12,14H,7-10,17H2,1-2H3;1H/t12-;/m1./s1. The van der Waals surface area contributed by atoms with E-state index in [-0.39, 0.29) is 30.0 Å². The molecule has 4 nitrogen and oxygen atoms in total. The number of carbonyl (C=O) groups is 2. The topological polar surface area (TPSA) is 63.4 Å². The number of amides is 1. The smallest absolute Gasteiger partial charge is 0.239 e. The van der Waals surface area contributed by atoms with Crippen molar-refractivity contribution in [2.45, 2.75) is 32.7 Å². The van der Waals surface area contributed by atoms with Gasteiger partial charge in [-0.3, -0.25) is 9.59 Å². The first-order valence-corrected chi connectivity index (χ1v) is 7.14. The number of hydrogen-bond acceptors (Lipinski definition) is 3. The van der Waals surface area contributed by atoms with Crippen molar-refractivity contribution in [3.05, 3.63) is 35.4 Å². The highest BCUT2D eigenvalue weighted by atomic mass is 35.5. The Morgan fingerprint density at radius 2 is 1.71 bits per heavy atom. The fourth-order valence-corrected chi connectivity index (χ4v) is 2.60. The van der Waals surface area contributed by atoms with E-state index in [2.05, 4.69) is 0 Å². The highest BCUT2D eigenvalue weighted by Crippen LogP contribution is 2.22. The third-order valence-corrected chi connectivity index (χ3v) is 3.90. The van der Waals surface area contributed by atoms with Gasteiger partial charge in [0.1, 0.15) is 0 Å². The fourth-order valence-electron chi connectivity index (χ4n) is 2.60. The largest absolute Gasteiger partial charge is 0.341 e. The van der Waals surface area contributed by atoms with Crippen LogP contribution in [0, 0.1) is 12.8 Å². The van der Waals surface area contributed by atoms with Crippen LogP contribution in [0.3, 0.4) is 0 Å². The summed E-state index contributed by atoms with van der Waals surface area (Å²) in [5.41, 5.74) is 7.53. The molecule has 1 heterocycles. The van der Waals surface area contributed by atoms with Gasteiger partial charge < -0.3 is 10.6 Å². The van der Waals surface area contributed by atoms with Gasteiger partial charge in [0.2, 0.25) is 5.91 Å². The number of hydrogen-bond donors (Lipinski definition) is 1. The number of nitrogens with zero attached hydrogens (tertiary/aromatic N) is 1. The van der Waals surface area contributed by atoms with Gasteiger partial charge in [0, 0.05) is 24.6 Å². The highest BCUT2D eigenvalue weighted by molar-refractivity contribution is 5.98. The van der Waals surface area contributed by atoms with E-state index in [0.29, 0.717) is 13.1 Å². The summed E-state index contributed by atoms with van der Waals surface area (Å²) in [6, 6.07) is 7.23. The Bertz CT molecular complexity index is 492. The molecule has 1 aliphatic heterocycles. The van der Waals surface area contributed by atoms with Crippen molar-refractivity contribution < 1.29 is 9.59 Å². The second-order valence-corrected chi connectivity index (χ2v) is 5.62. The van der Waals surface area contributed by atoms with Crippen molar-refractivity contribution in [1.29, 1.82) is 0 Å². The lowest BCUT2D eigenvalue weighted by Gasteiger charge is -2.32. The molecule has 1 aromatic carbocycles. The Morgan fingerprint density at radius 3 is 2.19 bits per heavy atom. The van der Waals surface area contributed by atoms with Crippen molar-refractivity contribution in [3.63, 3.8) is 0 Å². The number of halogens is 1. The lowest BCUT2D eigenvalue weighted by Crippen LogP contribution is -2.46. The zero-order chi connectivity index (χ0) is 14.7. The summed E-state index contributed by atoms with van der Waals surface area (Å²) in [6.07, 6.45) is 1.45. The van der Waals surface area contributed by atoms with Crippen LogP contribution in [0.15, 0.2) is 24.3 Å². The van der Waals surface area contributed by atoms with Gasteiger partial charge >= 0.3 is 0 Å². The monoisotopic (exact) mass is 310 g/mol. The molecular formula is C16H23ClN2O2. The SMILES string of the molecule is Cc1ccc(C(=O)C2CCN(C(=O)[C@@H](C)N)CC2)cc1.Cl. The van der Waals surface area contributed by atoms with Crippen molar-refractivity contribution in [2.75, 3.05) is 13.1 Å². The van der Waals surface area contributed by atoms with E-state index in [9.17, 15) is 9.59 Å². The Morgan fingerprint density at radius 1 is 1.19 bits per heavy atom. The van der Waals surface area contributed by atoms with E-state index in [4.69, 9.17) is 5.73 Å². The van der Waals surface area contributed by atoms with Gasteiger partial charge in [-0.15, -0.1) is 12.4 Å². The van der Waals surface area contributed by atoms with E-state index in [1.54, 1.807) is 11.8 Å². The Labute approximate surface area is 132 Å². The van der Waals surface area contributed by atoms with Crippen LogP contribution in [0.2, 0.25) is 0 Å². The molecule has 0 radical (unpaired) electrons. The maximum absolute atomic E-state index is 12.4. The summed E-state index contributed by atoms with van der Waals surface area (Å²) in [5.74, 6) is 0.193. The third kappa shape index (κ3) is 4.29. The minimum absolute atomic E-state index is 0.